The molecule has 1 rings (SSSR count). The molecule has 0 aromatic carbocycles. The highest BCUT2D eigenvalue weighted by molar-refractivity contribution is 7.89. The molecule has 0 radical (unpaired) electrons. The normalized spacial score (nSPS) is 12.7. The Hall–Kier alpha value is -1.41. The molecule has 0 saturated carbocycles. The molecule has 1 aromatic rings. The van der Waals surface area contributed by atoms with Crippen LogP contribution in [0.15, 0.2) is 17.3 Å². The van der Waals surface area contributed by atoms with E-state index in [4.69, 9.17) is 5.73 Å². The number of hydrogen-bond donors (Lipinski definition) is 3. The van der Waals surface area contributed by atoms with E-state index in [1.807, 2.05) is 0 Å². The Morgan fingerprint density at radius 2 is 2.20 bits per heavy atom. The highest BCUT2D eigenvalue weighted by Gasteiger charge is 2.31. The van der Waals surface area contributed by atoms with Gasteiger partial charge in [0, 0.05) is 6.20 Å². The number of amides is 1. The lowest BCUT2D eigenvalue weighted by molar-refractivity contribution is -0.122. The first-order valence-electron chi connectivity index (χ1n) is 4.08. The molecule has 7 nitrogen and oxygen atoms in total. The van der Waals surface area contributed by atoms with E-state index in [1.54, 1.807) is 0 Å². The van der Waals surface area contributed by atoms with E-state index >= 15 is 0 Å². The van der Waals surface area contributed by atoms with Crippen molar-refractivity contribution in [3.8, 4) is 0 Å². The second-order valence-electron chi connectivity index (χ2n) is 3.53. The summed E-state index contributed by atoms with van der Waals surface area (Å²) in [6.45, 7) is 2.76. The van der Waals surface area contributed by atoms with Crippen LogP contribution in [0.4, 0.5) is 0 Å². The van der Waals surface area contributed by atoms with Gasteiger partial charge in [-0.15, -0.1) is 0 Å². The fraction of sp³-hybridized carbons (Fsp3) is 0.429. The number of nitrogens with one attached hydrogen (secondary N) is 2. The van der Waals surface area contributed by atoms with Crippen molar-refractivity contribution in [2.24, 2.45) is 5.73 Å². The number of aromatic nitrogens is 2. The molecule has 0 spiro atoms. The molecule has 8 heteroatoms. The number of sulfonamides is 1. The van der Waals surface area contributed by atoms with Crippen LogP contribution in [0.3, 0.4) is 0 Å². The van der Waals surface area contributed by atoms with Gasteiger partial charge in [-0.05, 0) is 13.8 Å². The van der Waals surface area contributed by atoms with Gasteiger partial charge in [0.1, 0.15) is 10.4 Å². The Morgan fingerprint density at radius 1 is 1.60 bits per heavy atom. The zero-order chi connectivity index (χ0) is 11.7. The number of nitrogens with two attached hydrogens (primary N) is 1. The number of H-pyrrole nitrogens is 1. The monoisotopic (exact) mass is 232 g/mol. The average Bonchev–Trinajstić information content (AvgIpc) is 2.53. The van der Waals surface area contributed by atoms with Gasteiger partial charge in [-0.3, -0.25) is 9.89 Å². The van der Waals surface area contributed by atoms with Crippen molar-refractivity contribution in [3.63, 3.8) is 0 Å². The summed E-state index contributed by atoms with van der Waals surface area (Å²) in [5.74, 6) is -0.755. The first-order valence-corrected chi connectivity index (χ1v) is 5.57. The van der Waals surface area contributed by atoms with Crippen LogP contribution in [0.1, 0.15) is 13.8 Å². The van der Waals surface area contributed by atoms with Crippen molar-refractivity contribution in [3.05, 3.63) is 12.4 Å². The van der Waals surface area contributed by atoms with Crippen molar-refractivity contribution in [2.75, 3.05) is 0 Å². The SMILES string of the molecule is CC(C)(NS(=O)(=O)c1cn[nH]c1)C(N)=O. The summed E-state index contributed by atoms with van der Waals surface area (Å²) < 4.78 is 25.4. The van der Waals surface area contributed by atoms with E-state index in [9.17, 15) is 13.2 Å². The lowest BCUT2D eigenvalue weighted by Crippen LogP contribution is -2.52. The predicted molar refractivity (Wildman–Crippen MR) is 52.2 cm³/mol. The minimum atomic E-state index is -3.76. The highest BCUT2D eigenvalue weighted by atomic mass is 32.2. The van der Waals surface area contributed by atoms with Gasteiger partial charge in [0.15, 0.2) is 0 Å². The van der Waals surface area contributed by atoms with Gasteiger partial charge < -0.3 is 5.73 Å². The van der Waals surface area contributed by atoms with Gasteiger partial charge in [-0.25, -0.2) is 8.42 Å². The first-order chi connectivity index (χ1) is 6.76. The Balaban J connectivity index is 2.97. The number of aromatic amines is 1. The lowest BCUT2D eigenvalue weighted by atomic mass is 10.1. The fourth-order valence-electron chi connectivity index (χ4n) is 0.831. The Kier molecular flexibility index (Phi) is 2.82. The molecule has 0 aliphatic rings. The molecule has 0 aliphatic carbocycles. The van der Waals surface area contributed by atoms with Crippen molar-refractivity contribution in [2.45, 2.75) is 24.3 Å². The average molecular weight is 232 g/mol. The molecule has 1 heterocycles. The number of hydrogen-bond acceptors (Lipinski definition) is 4. The largest absolute Gasteiger partial charge is 0.368 e. The summed E-state index contributed by atoms with van der Waals surface area (Å²) in [6, 6.07) is 0. The molecule has 0 fully saturated rings. The maximum absolute atomic E-state index is 11.6. The molecule has 0 unspecified atom stereocenters. The summed E-state index contributed by atoms with van der Waals surface area (Å²) in [4.78, 5) is 10.9. The van der Waals surface area contributed by atoms with E-state index < -0.39 is 21.5 Å². The molecular formula is C7H12N4O3S. The smallest absolute Gasteiger partial charge is 0.244 e. The maximum Gasteiger partial charge on any atom is 0.244 e. The first kappa shape index (κ1) is 11.7. The third kappa shape index (κ3) is 2.54. The molecule has 1 amide bonds. The van der Waals surface area contributed by atoms with Crippen LogP contribution in [0.5, 0.6) is 0 Å². The zero-order valence-corrected chi connectivity index (χ0v) is 9.13. The minimum Gasteiger partial charge on any atom is -0.368 e. The van der Waals surface area contributed by atoms with Crippen LogP contribution >= 0.6 is 0 Å². The van der Waals surface area contributed by atoms with E-state index in [-0.39, 0.29) is 4.90 Å². The molecule has 4 N–H and O–H groups in total. The summed E-state index contributed by atoms with van der Waals surface area (Å²) in [5, 5.41) is 5.87. The molecule has 0 aliphatic heterocycles. The van der Waals surface area contributed by atoms with Gasteiger partial charge >= 0.3 is 0 Å². The number of nitrogens with zero attached hydrogens (tertiary/aromatic N) is 1. The van der Waals surface area contributed by atoms with E-state index in [0.717, 1.165) is 6.20 Å². The molecule has 0 bridgehead atoms. The molecular weight excluding hydrogens is 220 g/mol. The summed E-state index contributed by atoms with van der Waals surface area (Å²) in [5.41, 5.74) is 3.70. The number of carbonyl (C=O) groups excluding carboxylic acids is 1. The molecule has 0 atom stereocenters. The van der Waals surface area contributed by atoms with Crippen LogP contribution < -0.4 is 10.5 Å². The topological polar surface area (TPSA) is 118 Å². The van der Waals surface area contributed by atoms with Crippen LogP contribution in [0.2, 0.25) is 0 Å². The Labute approximate surface area is 87.1 Å². The van der Waals surface area contributed by atoms with Crippen molar-refractivity contribution < 1.29 is 13.2 Å². The van der Waals surface area contributed by atoms with Crippen LogP contribution in [-0.2, 0) is 14.8 Å². The van der Waals surface area contributed by atoms with Crippen LogP contribution in [0.25, 0.3) is 0 Å². The van der Waals surface area contributed by atoms with Gasteiger partial charge in [0.05, 0.1) is 6.20 Å². The highest BCUT2D eigenvalue weighted by Crippen LogP contribution is 2.10. The van der Waals surface area contributed by atoms with Crippen LogP contribution in [-0.4, -0.2) is 30.1 Å². The third-order valence-electron chi connectivity index (χ3n) is 1.79. The zero-order valence-electron chi connectivity index (χ0n) is 8.31. The Bertz CT molecular complexity index is 449. The standard InChI is InChI=1S/C7H12N4O3S/c1-7(2,6(8)12)11-15(13,14)5-3-9-10-4-5/h3-4,11H,1-2H3,(H2,8,12)(H,9,10). The molecule has 0 saturated heterocycles. The van der Waals surface area contributed by atoms with Crippen molar-refractivity contribution in [1.82, 2.24) is 14.9 Å². The second-order valence-corrected chi connectivity index (χ2v) is 5.21. The Morgan fingerprint density at radius 3 is 2.60 bits per heavy atom. The van der Waals surface area contributed by atoms with Gasteiger partial charge in [0.2, 0.25) is 15.9 Å². The molecule has 1 aromatic heterocycles. The van der Waals surface area contributed by atoms with E-state index in [0.29, 0.717) is 0 Å². The van der Waals surface area contributed by atoms with Crippen molar-refractivity contribution in [1.29, 1.82) is 0 Å². The van der Waals surface area contributed by atoms with Gasteiger partial charge in [0.25, 0.3) is 0 Å². The minimum absolute atomic E-state index is 0.0446. The summed E-state index contributed by atoms with van der Waals surface area (Å²) >= 11 is 0. The van der Waals surface area contributed by atoms with Crippen LogP contribution in [0, 0.1) is 0 Å². The van der Waals surface area contributed by atoms with Gasteiger partial charge in [-0.2, -0.15) is 9.82 Å². The van der Waals surface area contributed by atoms with E-state index in [2.05, 4.69) is 14.9 Å². The maximum atomic E-state index is 11.6. The predicted octanol–water partition coefficient (Wildman–Crippen LogP) is -1.05. The molecule has 15 heavy (non-hydrogen) atoms. The van der Waals surface area contributed by atoms with Crippen molar-refractivity contribution >= 4 is 15.9 Å². The fourth-order valence-corrected chi connectivity index (χ4v) is 2.12. The quantitative estimate of drug-likeness (QED) is 0.614. The summed E-state index contributed by atoms with van der Waals surface area (Å²) in [7, 11) is -3.76. The third-order valence-corrected chi connectivity index (χ3v) is 3.41. The number of rotatable bonds is 4. The second kappa shape index (κ2) is 3.63. The number of carbonyl (C=O) groups is 1. The summed E-state index contributed by atoms with van der Waals surface area (Å²) in [6.07, 6.45) is 2.35. The number of primary amides is 1. The van der Waals surface area contributed by atoms with E-state index in [1.165, 1.54) is 20.0 Å². The van der Waals surface area contributed by atoms with Gasteiger partial charge in [-0.1, -0.05) is 0 Å². The molecule has 84 valence electrons. The lowest BCUT2D eigenvalue weighted by Gasteiger charge is -2.21.